The standard InChI is InChI=1S/C21H21FN6OS.3ClH/c22-14-4-3-9-24-17(14)12-25-21(29)18-13-30-20(28-18)8-11-23-10-7-19-26-15-5-1-2-6-16(15)27-19;;;/h1-6,9,13,23H,7-8,10-12H2,(H,25,29)(H,26,27);3*1H. The van der Waals surface area contributed by atoms with Crippen molar-refractivity contribution in [3.63, 3.8) is 0 Å². The van der Waals surface area contributed by atoms with Gasteiger partial charge in [0.25, 0.3) is 5.91 Å². The van der Waals surface area contributed by atoms with Gasteiger partial charge in [-0.25, -0.2) is 14.4 Å². The molecule has 0 aliphatic carbocycles. The number of rotatable bonds is 9. The summed E-state index contributed by atoms with van der Waals surface area (Å²) >= 11 is 1.44. The molecule has 178 valence electrons. The Kier molecular flexibility index (Phi) is 12.2. The molecular formula is C21H24Cl3FN6OS. The largest absolute Gasteiger partial charge is 0.345 e. The van der Waals surface area contributed by atoms with E-state index in [0.717, 1.165) is 47.8 Å². The Morgan fingerprint density at radius 3 is 2.61 bits per heavy atom. The second kappa shape index (κ2) is 14.1. The van der Waals surface area contributed by atoms with Crippen LogP contribution >= 0.6 is 48.6 Å². The van der Waals surface area contributed by atoms with Crippen molar-refractivity contribution in [2.45, 2.75) is 19.4 Å². The molecule has 0 unspecified atom stereocenters. The van der Waals surface area contributed by atoms with E-state index in [1.165, 1.54) is 29.7 Å². The third-order valence-electron chi connectivity index (χ3n) is 4.53. The van der Waals surface area contributed by atoms with E-state index < -0.39 is 5.82 Å². The second-order valence-electron chi connectivity index (χ2n) is 6.69. The third-order valence-corrected chi connectivity index (χ3v) is 5.44. The van der Waals surface area contributed by atoms with Crippen LogP contribution in [-0.2, 0) is 19.4 Å². The van der Waals surface area contributed by atoms with Crippen molar-refractivity contribution in [2.24, 2.45) is 0 Å². The molecule has 7 nitrogen and oxygen atoms in total. The smallest absolute Gasteiger partial charge is 0.271 e. The molecule has 0 saturated carbocycles. The number of H-pyrrole nitrogens is 1. The van der Waals surface area contributed by atoms with Crippen molar-refractivity contribution in [2.75, 3.05) is 13.1 Å². The molecule has 4 aromatic rings. The molecule has 1 amide bonds. The number of carbonyl (C=O) groups is 1. The van der Waals surface area contributed by atoms with E-state index in [4.69, 9.17) is 0 Å². The predicted molar refractivity (Wildman–Crippen MR) is 136 cm³/mol. The molecule has 0 radical (unpaired) electrons. The number of aromatic amines is 1. The molecular weight excluding hydrogens is 510 g/mol. The normalized spacial score (nSPS) is 10.1. The van der Waals surface area contributed by atoms with Gasteiger partial charge in [-0.15, -0.1) is 48.6 Å². The first-order valence-electron chi connectivity index (χ1n) is 9.65. The van der Waals surface area contributed by atoms with Gasteiger partial charge in [-0.3, -0.25) is 9.78 Å². The molecule has 4 rings (SSSR count). The van der Waals surface area contributed by atoms with Gasteiger partial charge in [0.2, 0.25) is 0 Å². The summed E-state index contributed by atoms with van der Waals surface area (Å²) in [6.45, 7) is 1.59. The summed E-state index contributed by atoms with van der Waals surface area (Å²) in [5.41, 5.74) is 2.57. The number of aromatic nitrogens is 4. The van der Waals surface area contributed by atoms with Crippen LogP contribution in [-0.4, -0.2) is 38.9 Å². The molecule has 12 heteroatoms. The number of hydrogen-bond donors (Lipinski definition) is 3. The number of hydrogen-bond acceptors (Lipinski definition) is 6. The first kappa shape index (κ1) is 28.7. The van der Waals surface area contributed by atoms with Crippen molar-refractivity contribution >= 4 is 65.5 Å². The summed E-state index contributed by atoms with van der Waals surface area (Å²) in [5, 5.41) is 8.62. The highest BCUT2D eigenvalue weighted by Crippen LogP contribution is 2.12. The van der Waals surface area contributed by atoms with Crippen LogP contribution in [0.1, 0.15) is 27.0 Å². The van der Waals surface area contributed by atoms with E-state index in [-0.39, 0.29) is 55.4 Å². The first-order chi connectivity index (χ1) is 14.7. The van der Waals surface area contributed by atoms with Gasteiger partial charge >= 0.3 is 0 Å². The summed E-state index contributed by atoms with van der Waals surface area (Å²) in [6, 6.07) is 10.8. The maximum Gasteiger partial charge on any atom is 0.271 e. The maximum absolute atomic E-state index is 13.6. The molecule has 3 aromatic heterocycles. The van der Waals surface area contributed by atoms with Crippen molar-refractivity contribution in [3.05, 3.63) is 76.0 Å². The van der Waals surface area contributed by atoms with E-state index in [1.54, 1.807) is 5.38 Å². The second-order valence-corrected chi connectivity index (χ2v) is 7.63. The Morgan fingerprint density at radius 1 is 1.03 bits per heavy atom. The van der Waals surface area contributed by atoms with Crippen LogP contribution in [0, 0.1) is 5.82 Å². The van der Waals surface area contributed by atoms with Crippen molar-refractivity contribution < 1.29 is 9.18 Å². The Bertz CT molecular complexity index is 1120. The average molecular weight is 534 g/mol. The average Bonchev–Trinajstić information content (AvgIpc) is 3.39. The zero-order valence-electron chi connectivity index (χ0n) is 17.4. The Balaban J connectivity index is 0.00000181. The number of nitrogens with one attached hydrogen (secondary N) is 3. The van der Waals surface area contributed by atoms with Crippen LogP contribution in [0.25, 0.3) is 11.0 Å². The molecule has 3 N–H and O–H groups in total. The number of carbonyl (C=O) groups excluding carboxylic acids is 1. The van der Waals surface area contributed by atoms with E-state index in [1.807, 2.05) is 24.3 Å². The van der Waals surface area contributed by atoms with E-state index in [0.29, 0.717) is 5.69 Å². The molecule has 1 aromatic carbocycles. The number of benzene rings is 1. The summed E-state index contributed by atoms with van der Waals surface area (Å²) < 4.78 is 13.6. The lowest BCUT2D eigenvalue weighted by Gasteiger charge is -2.03. The van der Waals surface area contributed by atoms with Gasteiger partial charge in [0.1, 0.15) is 17.3 Å². The molecule has 0 bridgehead atoms. The molecule has 33 heavy (non-hydrogen) atoms. The minimum atomic E-state index is -0.439. The topological polar surface area (TPSA) is 95.6 Å². The number of thiazole rings is 1. The number of para-hydroxylation sites is 2. The summed E-state index contributed by atoms with van der Waals surface area (Å²) in [4.78, 5) is 28.4. The fraction of sp³-hybridized carbons (Fsp3) is 0.238. The fourth-order valence-corrected chi connectivity index (χ4v) is 3.76. The SMILES string of the molecule is Cl.Cl.Cl.O=C(NCc1ncccc1F)c1csc(CCNCCc2nc3ccccc3[nH]2)n1. The van der Waals surface area contributed by atoms with Crippen LogP contribution in [0.15, 0.2) is 48.0 Å². The Morgan fingerprint density at radius 2 is 1.82 bits per heavy atom. The van der Waals surface area contributed by atoms with Gasteiger partial charge in [0, 0.05) is 37.5 Å². The van der Waals surface area contributed by atoms with Crippen LogP contribution in [0.4, 0.5) is 4.39 Å². The molecule has 0 aliphatic rings. The Hall–Kier alpha value is -2.30. The number of nitrogens with zero attached hydrogens (tertiary/aromatic N) is 3. The van der Waals surface area contributed by atoms with Crippen molar-refractivity contribution in [1.82, 2.24) is 30.6 Å². The number of imidazole rings is 1. The van der Waals surface area contributed by atoms with Crippen LogP contribution in [0.5, 0.6) is 0 Å². The van der Waals surface area contributed by atoms with Crippen LogP contribution < -0.4 is 10.6 Å². The zero-order valence-corrected chi connectivity index (χ0v) is 20.7. The molecule has 0 atom stereocenters. The van der Waals surface area contributed by atoms with E-state index in [2.05, 4.69) is 30.6 Å². The molecule has 3 heterocycles. The number of halogens is 4. The minimum absolute atomic E-state index is 0. The summed E-state index contributed by atoms with van der Waals surface area (Å²) in [5.74, 6) is 0.187. The number of fused-ring (bicyclic) bond motifs is 1. The first-order valence-corrected chi connectivity index (χ1v) is 10.5. The number of amides is 1. The van der Waals surface area contributed by atoms with Gasteiger partial charge in [-0.05, 0) is 24.3 Å². The summed E-state index contributed by atoms with van der Waals surface area (Å²) in [6.07, 6.45) is 3.03. The van der Waals surface area contributed by atoms with Crippen molar-refractivity contribution in [3.8, 4) is 0 Å². The lowest BCUT2D eigenvalue weighted by Crippen LogP contribution is -2.24. The lowest BCUT2D eigenvalue weighted by atomic mass is 10.3. The summed E-state index contributed by atoms with van der Waals surface area (Å²) in [7, 11) is 0. The quantitative estimate of drug-likeness (QED) is 0.281. The molecule has 0 spiro atoms. The molecule has 0 saturated heterocycles. The van der Waals surface area contributed by atoms with Gasteiger partial charge in [0.05, 0.1) is 28.3 Å². The highest BCUT2D eigenvalue weighted by molar-refractivity contribution is 7.09. The van der Waals surface area contributed by atoms with Crippen LogP contribution in [0.3, 0.4) is 0 Å². The molecule has 0 fully saturated rings. The van der Waals surface area contributed by atoms with E-state index in [9.17, 15) is 9.18 Å². The monoisotopic (exact) mass is 532 g/mol. The van der Waals surface area contributed by atoms with Crippen molar-refractivity contribution in [1.29, 1.82) is 0 Å². The third kappa shape index (κ3) is 7.90. The minimum Gasteiger partial charge on any atom is -0.345 e. The van der Waals surface area contributed by atoms with Gasteiger partial charge in [-0.1, -0.05) is 12.1 Å². The zero-order chi connectivity index (χ0) is 20.8. The highest BCUT2D eigenvalue weighted by Gasteiger charge is 2.12. The van der Waals surface area contributed by atoms with Crippen LogP contribution in [0.2, 0.25) is 0 Å². The maximum atomic E-state index is 13.6. The molecule has 0 aliphatic heterocycles. The van der Waals surface area contributed by atoms with E-state index >= 15 is 0 Å². The highest BCUT2D eigenvalue weighted by atomic mass is 35.5. The van der Waals surface area contributed by atoms with Gasteiger partial charge in [0.15, 0.2) is 0 Å². The lowest BCUT2D eigenvalue weighted by molar-refractivity contribution is 0.0945. The predicted octanol–water partition coefficient (Wildman–Crippen LogP) is 4.12. The van der Waals surface area contributed by atoms with Gasteiger partial charge in [-0.2, -0.15) is 0 Å². The number of pyridine rings is 1. The fourth-order valence-electron chi connectivity index (χ4n) is 2.98. The Labute approximate surface area is 213 Å². The van der Waals surface area contributed by atoms with Gasteiger partial charge < -0.3 is 15.6 Å².